The largest absolute Gasteiger partial charge is 0.496 e. The molecule has 84 valence electrons. The van der Waals surface area contributed by atoms with Crippen molar-refractivity contribution in [2.24, 2.45) is 5.73 Å². The maximum atomic E-state index is 6.03. The molecule has 0 amide bonds. The van der Waals surface area contributed by atoms with Gasteiger partial charge in [-0.25, -0.2) is 0 Å². The van der Waals surface area contributed by atoms with E-state index in [1.807, 2.05) is 25.1 Å². The fourth-order valence-corrected chi connectivity index (χ4v) is 1.71. The molecule has 2 N–H and O–H groups in total. The van der Waals surface area contributed by atoms with E-state index in [2.05, 4.69) is 15.9 Å². The molecule has 0 heterocycles. The number of benzene rings is 1. The number of methoxy groups -OCH3 is 2. The second kappa shape index (κ2) is 5.49. The summed E-state index contributed by atoms with van der Waals surface area (Å²) in [5.74, 6) is 0.784. The molecule has 0 fully saturated rings. The predicted octanol–water partition coefficient (Wildman–Crippen LogP) is 2.49. The topological polar surface area (TPSA) is 44.5 Å². The Bertz CT molecular complexity index is 330. The Labute approximate surface area is 98.7 Å². The van der Waals surface area contributed by atoms with Crippen molar-refractivity contribution in [3.05, 3.63) is 28.2 Å². The van der Waals surface area contributed by atoms with Gasteiger partial charge in [0, 0.05) is 7.11 Å². The molecule has 0 aliphatic heterocycles. The third kappa shape index (κ3) is 2.93. The molecule has 15 heavy (non-hydrogen) atoms. The average molecular weight is 274 g/mol. The minimum Gasteiger partial charge on any atom is -0.496 e. The van der Waals surface area contributed by atoms with E-state index in [9.17, 15) is 0 Å². The summed E-state index contributed by atoms with van der Waals surface area (Å²) < 4.78 is 11.3. The van der Waals surface area contributed by atoms with Gasteiger partial charge in [-0.2, -0.15) is 0 Å². The number of nitrogens with two attached hydrogens (primary N) is 1. The van der Waals surface area contributed by atoms with Gasteiger partial charge in [0.15, 0.2) is 0 Å². The minimum absolute atomic E-state index is 0.0177. The molecule has 0 aliphatic rings. The first-order valence-corrected chi connectivity index (χ1v) is 5.51. The Balaban J connectivity index is 2.95. The first-order chi connectivity index (χ1) is 7.10. The van der Waals surface area contributed by atoms with E-state index in [-0.39, 0.29) is 12.1 Å². The average Bonchev–Trinajstić information content (AvgIpc) is 2.27. The van der Waals surface area contributed by atoms with Crippen molar-refractivity contribution in [2.75, 3.05) is 14.2 Å². The van der Waals surface area contributed by atoms with Gasteiger partial charge in [0.05, 0.1) is 23.7 Å². The summed E-state index contributed by atoms with van der Waals surface area (Å²) in [6.45, 7) is 1.94. The van der Waals surface area contributed by atoms with Gasteiger partial charge in [-0.1, -0.05) is 6.07 Å². The van der Waals surface area contributed by atoms with Gasteiger partial charge in [-0.05, 0) is 40.5 Å². The lowest BCUT2D eigenvalue weighted by Gasteiger charge is -2.19. The summed E-state index contributed by atoms with van der Waals surface area (Å²) in [5.41, 5.74) is 7.03. The Kier molecular flexibility index (Phi) is 4.57. The molecule has 2 atom stereocenters. The van der Waals surface area contributed by atoms with E-state index in [0.717, 1.165) is 15.8 Å². The van der Waals surface area contributed by atoms with E-state index >= 15 is 0 Å². The highest BCUT2D eigenvalue weighted by Gasteiger charge is 2.15. The van der Waals surface area contributed by atoms with Crippen molar-refractivity contribution >= 4 is 15.9 Å². The SMILES string of the molecule is COc1cc(C(N)C(C)OC)ccc1Br. The molecule has 0 radical (unpaired) electrons. The van der Waals surface area contributed by atoms with Crippen LogP contribution < -0.4 is 10.5 Å². The van der Waals surface area contributed by atoms with Gasteiger partial charge in [0.2, 0.25) is 0 Å². The van der Waals surface area contributed by atoms with E-state index < -0.39 is 0 Å². The number of halogens is 1. The van der Waals surface area contributed by atoms with Crippen LogP contribution in [0, 0.1) is 0 Å². The first-order valence-electron chi connectivity index (χ1n) is 4.72. The van der Waals surface area contributed by atoms with Crippen LogP contribution in [-0.4, -0.2) is 20.3 Å². The molecule has 1 rings (SSSR count). The Morgan fingerprint density at radius 3 is 2.53 bits per heavy atom. The van der Waals surface area contributed by atoms with Crippen LogP contribution in [0.2, 0.25) is 0 Å². The fourth-order valence-electron chi connectivity index (χ4n) is 1.30. The van der Waals surface area contributed by atoms with Crippen molar-refractivity contribution < 1.29 is 9.47 Å². The van der Waals surface area contributed by atoms with Crippen molar-refractivity contribution in [3.8, 4) is 5.75 Å². The quantitative estimate of drug-likeness (QED) is 0.917. The van der Waals surface area contributed by atoms with E-state index in [0.29, 0.717) is 0 Å². The van der Waals surface area contributed by atoms with Crippen LogP contribution >= 0.6 is 15.9 Å². The number of rotatable bonds is 4. The fraction of sp³-hybridized carbons (Fsp3) is 0.455. The predicted molar refractivity (Wildman–Crippen MR) is 64.1 cm³/mol. The molecule has 0 saturated carbocycles. The van der Waals surface area contributed by atoms with Gasteiger partial charge < -0.3 is 15.2 Å². The van der Waals surface area contributed by atoms with Crippen molar-refractivity contribution in [1.29, 1.82) is 0 Å². The third-order valence-electron chi connectivity index (χ3n) is 2.44. The van der Waals surface area contributed by atoms with Crippen LogP contribution in [0.4, 0.5) is 0 Å². The van der Waals surface area contributed by atoms with Gasteiger partial charge in [0.1, 0.15) is 5.75 Å². The Hall–Kier alpha value is -0.580. The highest BCUT2D eigenvalue weighted by molar-refractivity contribution is 9.10. The van der Waals surface area contributed by atoms with E-state index in [1.165, 1.54) is 0 Å². The lowest BCUT2D eigenvalue weighted by molar-refractivity contribution is 0.0956. The van der Waals surface area contributed by atoms with Crippen molar-refractivity contribution in [2.45, 2.75) is 19.1 Å². The molecule has 1 aromatic carbocycles. The van der Waals surface area contributed by atoms with Gasteiger partial charge >= 0.3 is 0 Å². The Morgan fingerprint density at radius 2 is 2.00 bits per heavy atom. The minimum atomic E-state index is -0.142. The maximum Gasteiger partial charge on any atom is 0.133 e. The highest BCUT2D eigenvalue weighted by Crippen LogP contribution is 2.28. The third-order valence-corrected chi connectivity index (χ3v) is 3.09. The van der Waals surface area contributed by atoms with Crippen LogP contribution in [0.1, 0.15) is 18.5 Å². The molecule has 4 heteroatoms. The summed E-state index contributed by atoms with van der Waals surface area (Å²) in [5, 5.41) is 0. The summed E-state index contributed by atoms with van der Waals surface area (Å²) >= 11 is 3.40. The molecule has 0 bridgehead atoms. The number of hydrogen-bond donors (Lipinski definition) is 1. The molecule has 0 aliphatic carbocycles. The van der Waals surface area contributed by atoms with Crippen LogP contribution in [0.3, 0.4) is 0 Å². The second-order valence-electron chi connectivity index (χ2n) is 3.36. The zero-order valence-corrected chi connectivity index (χ0v) is 10.7. The van der Waals surface area contributed by atoms with Crippen LogP contribution in [0.5, 0.6) is 5.75 Å². The molecule has 0 spiro atoms. The smallest absolute Gasteiger partial charge is 0.133 e. The standard InChI is InChI=1S/C11H16BrNO2/c1-7(14-2)11(13)8-4-5-9(12)10(6-8)15-3/h4-7,11H,13H2,1-3H3. The van der Waals surface area contributed by atoms with E-state index in [4.69, 9.17) is 15.2 Å². The zero-order chi connectivity index (χ0) is 11.4. The summed E-state index contributed by atoms with van der Waals surface area (Å²) in [7, 11) is 3.29. The lowest BCUT2D eigenvalue weighted by Crippen LogP contribution is -2.25. The normalized spacial score (nSPS) is 14.7. The molecule has 0 saturated heterocycles. The molecular weight excluding hydrogens is 258 g/mol. The monoisotopic (exact) mass is 273 g/mol. The second-order valence-corrected chi connectivity index (χ2v) is 4.21. The number of hydrogen-bond acceptors (Lipinski definition) is 3. The van der Waals surface area contributed by atoms with Gasteiger partial charge in [0.25, 0.3) is 0 Å². The van der Waals surface area contributed by atoms with Gasteiger partial charge in [-0.15, -0.1) is 0 Å². The Morgan fingerprint density at radius 1 is 1.33 bits per heavy atom. The van der Waals surface area contributed by atoms with Crippen LogP contribution in [0.25, 0.3) is 0 Å². The van der Waals surface area contributed by atoms with Crippen molar-refractivity contribution in [3.63, 3.8) is 0 Å². The zero-order valence-electron chi connectivity index (χ0n) is 9.16. The maximum absolute atomic E-state index is 6.03. The molecule has 3 nitrogen and oxygen atoms in total. The summed E-state index contributed by atoms with van der Waals surface area (Å²) in [6, 6.07) is 5.67. The number of ether oxygens (including phenoxy) is 2. The van der Waals surface area contributed by atoms with E-state index in [1.54, 1.807) is 14.2 Å². The summed E-state index contributed by atoms with van der Waals surface area (Å²) in [4.78, 5) is 0. The molecular formula is C11H16BrNO2. The van der Waals surface area contributed by atoms with Gasteiger partial charge in [-0.3, -0.25) is 0 Å². The summed E-state index contributed by atoms with van der Waals surface area (Å²) in [6.07, 6.45) is -0.0177. The van der Waals surface area contributed by atoms with Crippen LogP contribution in [0.15, 0.2) is 22.7 Å². The molecule has 2 unspecified atom stereocenters. The first kappa shape index (κ1) is 12.5. The highest BCUT2D eigenvalue weighted by atomic mass is 79.9. The van der Waals surface area contributed by atoms with Crippen molar-refractivity contribution in [1.82, 2.24) is 0 Å². The molecule has 0 aromatic heterocycles. The van der Waals surface area contributed by atoms with Crippen LogP contribution in [-0.2, 0) is 4.74 Å². The lowest BCUT2D eigenvalue weighted by atomic mass is 10.0. The molecule has 1 aromatic rings.